The van der Waals surface area contributed by atoms with E-state index in [0.29, 0.717) is 40.6 Å². The SMILES string of the molecule is Cc1nccc(N2CCC(CNC(=O)c3ccc(-c4nc5cc(C#N)cc(C(C)C)c5o4)cc3)CC2)n1. The predicted octanol–water partition coefficient (Wildman–Crippen LogP) is 5.23. The van der Waals surface area contributed by atoms with Crippen molar-refractivity contribution in [2.24, 2.45) is 5.92 Å². The molecule has 188 valence electrons. The number of nitriles is 1. The number of hydrogen-bond donors (Lipinski definition) is 1. The number of carbonyl (C=O) groups is 1. The van der Waals surface area contributed by atoms with Crippen LogP contribution in [0.4, 0.5) is 5.82 Å². The highest BCUT2D eigenvalue weighted by atomic mass is 16.3. The van der Waals surface area contributed by atoms with Gasteiger partial charge >= 0.3 is 0 Å². The molecule has 0 spiro atoms. The Balaban J connectivity index is 1.20. The summed E-state index contributed by atoms with van der Waals surface area (Å²) in [4.78, 5) is 28.4. The zero-order valence-electron chi connectivity index (χ0n) is 21.4. The Morgan fingerprint density at radius 3 is 2.59 bits per heavy atom. The summed E-state index contributed by atoms with van der Waals surface area (Å²) in [6.45, 7) is 8.53. The first kappa shape index (κ1) is 24.4. The Morgan fingerprint density at radius 2 is 1.92 bits per heavy atom. The zero-order chi connectivity index (χ0) is 25.9. The summed E-state index contributed by atoms with van der Waals surface area (Å²) in [5, 5.41) is 12.4. The lowest BCUT2D eigenvalue weighted by Crippen LogP contribution is -2.39. The van der Waals surface area contributed by atoms with Gasteiger partial charge in [0.2, 0.25) is 5.89 Å². The Labute approximate surface area is 216 Å². The van der Waals surface area contributed by atoms with Crippen molar-refractivity contribution >= 4 is 22.8 Å². The molecular weight excluding hydrogens is 464 g/mol. The lowest BCUT2D eigenvalue weighted by atomic mass is 9.96. The van der Waals surface area contributed by atoms with E-state index in [9.17, 15) is 10.1 Å². The number of anilines is 1. The van der Waals surface area contributed by atoms with Crippen LogP contribution >= 0.6 is 0 Å². The summed E-state index contributed by atoms with van der Waals surface area (Å²) in [5.41, 5.74) is 4.28. The third-order valence-corrected chi connectivity index (χ3v) is 6.92. The lowest BCUT2D eigenvalue weighted by molar-refractivity contribution is 0.0945. The first-order chi connectivity index (χ1) is 17.9. The monoisotopic (exact) mass is 494 g/mol. The average Bonchev–Trinajstić information content (AvgIpc) is 3.35. The van der Waals surface area contributed by atoms with Gasteiger partial charge in [-0.15, -0.1) is 0 Å². The normalized spacial score (nSPS) is 14.2. The fourth-order valence-corrected chi connectivity index (χ4v) is 4.76. The molecule has 0 bridgehead atoms. The molecule has 8 heteroatoms. The molecule has 3 heterocycles. The second kappa shape index (κ2) is 10.4. The van der Waals surface area contributed by atoms with Crippen molar-refractivity contribution in [1.82, 2.24) is 20.3 Å². The number of fused-ring (bicyclic) bond motifs is 1. The molecule has 5 rings (SSSR count). The van der Waals surface area contributed by atoms with Gasteiger partial charge in [-0.2, -0.15) is 5.26 Å². The number of rotatable bonds is 6. The van der Waals surface area contributed by atoms with Gasteiger partial charge in [0.15, 0.2) is 5.58 Å². The standard InChI is InChI=1S/C29H30N6O2/c1-18(2)24-14-21(16-30)15-25-27(24)37-29(34-25)23-6-4-22(5-7-23)28(36)32-17-20-9-12-35(13-10-20)26-8-11-31-19(3)33-26/h4-8,11,14-15,18,20H,9-10,12-13,17H2,1-3H3,(H,32,36). The minimum atomic E-state index is -0.0845. The average molecular weight is 495 g/mol. The van der Waals surface area contributed by atoms with Crippen LogP contribution in [0.2, 0.25) is 0 Å². The van der Waals surface area contributed by atoms with Crippen molar-refractivity contribution < 1.29 is 9.21 Å². The molecule has 0 saturated carbocycles. The number of aromatic nitrogens is 3. The maximum Gasteiger partial charge on any atom is 0.251 e. The van der Waals surface area contributed by atoms with Gasteiger partial charge in [-0.3, -0.25) is 4.79 Å². The number of carbonyl (C=O) groups excluding carboxylic acids is 1. The van der Waals surface area contributed by atoms with E-state index in [-0.39, 0.29) is 11.8 Å². The Kier molecular flexibility index (Phi) is 6.87. The molecule has 1 saturated heterocycles. The Morgan fingerprint density at radius 1 is 1.16 bits per heavy atom. The summed E-state index contributed by atoms with van der Waals surface area (Å²) in [7, 11) is 0. The molecule has 0 atom stereocenters. The predicted molar refractivity (Wildman–Crippen MR) is 142 cm³/mol. The first-order valence-electron chi connectivity index (χ1n) is 12.7. The third-order valence-electron chi connectivity index (χ3n) is 6.92. The molecule has 1 aliphatic heterocycles. The van der Waals surface area contributed by atoms with Gasteiger partial charge in [0.05, 0.1) is 11.6 Å². The molecule has 2 aromatic carbocycles. The molecule has 4 aromatic rings. The van der Waals surface area contributed by atoms with Crippen LogP contribution in [0.1, 0.15) is 59.9 Å². The van der Waals surface area contributed by atoms with E-state index in [1.807, 2.05) is 31.2 Å². The molecule has 1 N–H and O–H groups in total. The fraction of sp³-hybridized carbons (Fsp3) is 0.345. The van der Waals surface area contributed by atoms with Crippen LogP contribution in [0.5, 0.6) is 0 Å². The van der Waals surface area contributed by atoms with Crippen LogP contribution in [-0.2, 0) is 0 Å². The van der Waals surface area contributed by atoms with Gasteiger partial charge in [-0.25, -0.2) is 15.0 Å². The molecule has 0 radical (unpaired) electrons. The molecule has 0 aliphatic carbocycles. The highest BCUT2D eigenvalue weighted by molar-refractivity contribution is 5.94. The number of hydrogen-bond acceptors (Lipinski definition) is 7. The molecular formula is C29H30N6O2. The highest BCUT2D eigenvalue weighted by Crippen LogP contribution is 2.31. The van der Waals surface area contributed by atoms with Crippen molar-refractivity contribution in [3.8, 4) is 17.5 Å². The summed E-state index contributed by atoms with van der Waals surface area (Å²) in [5.74, 6) is 2.78. The molecule has 1 aliphatic rings. The van der Waals surface area contributed by atoms with Gasteiger partial charge in [-0.05, 0) is 74.1 Å². The van der Waals surface area contributed by atoms with Gasteiger partial charge in [0, 0.05) is 42.5 Å². The minimum absolute atomic E-state index is 0.0845. The van der Waals surface area contributed by atoms with Crippen LogP contribution in [0.3, 0.4) is 0 Å². The zero-order valence-corrected chi connectivity index (χ0v) is 21.4. The number of oxazole rings is 1. The number of aryl methyl sites for hydroxylation is 1. The van der Waals surface area contributed by atoms with E-state index in [4.69, 9.17) is 4.42 Å². The van der Waals surface area contributed by atoms with Crippen LogP contribution in [0, 0.1) is 24.2 Å². The fourth-order valence-electron chi connectivity index (χ4n) is 4.76. The number of nitrogens with zero attached hydrogens (tertiary/aromatic N) is 5. The Bertz CT molecular complexity index is 1460. The van der Waals surface area contributed by atoms with Crippen LogP contribution < -0.4 is 10.2 Å². The highest BCUT2D eigenvalue weighted by Gasteiger charge is 2.21. The van der Waals surface area contributed by atoms with Crippen molar-refractivity contribution in [1.29, 1.82) is 5.26 Å². The van der Waals surface area contributed by atoms with Crippen molar-refractivity contribution in [2.45, 2.75) is 39.5 Å². The van der Waals surface area contributed by atoms with E-state index < -0.39 is 0 Å². The van der Waals surface area contributed by atoms with Crippen LogP contribution in [-0.4, -0.2) is 40.5 Å². The second-order valence-electron chi connectivity index (χ2n) is 9.88. The molecule has 1 fully saturated rings. The molecule has 8 nitrogen and oxygen atoms in total. The van der Waals surface area contributed by atoms with E-state index in [1.165, 1.54) is 0 Å². The number of piperidine rings is 1. The first-order valence-corrected chi connectivity index (χ1v) is 12.7. The quantitative estimate of drug-likeness (QED) is 0.391. The van der Waals surface area contributed by atoms with E-state index in [1.54, 1.807) is 24.4 Å². The third kappa shape index (κ3) is 5.31. The summed E-state index contributed by atoms with van der Waals surface area (Å²) in [6.07, 6.45) is 3.81. The van der Waals surface area contributed by atoms with Gasteiger partial charge in [0.25, 0.3) is 5.91 Å². The van der Waals surface area contributed by atoms with Crippen LogP contribution in [0.15, 0.2) is 53.1 Å². The van der Waals surface area contributed by atoms with E-state index >= 15 is 0 Å². The summed E-state index contributed by atoms with van der Waals surface area (Å²) >= 11 is 0. The van der Waals surface area contributed by atoms with Gasteiger partial charge < -0.3 is 14.6 Å². The largest absolute Gasteiger partial charge is 0.436 e. The minimum Gasteiger partial charge on any atom is -0.436 e. The Hall–Kier alpha value is -4.25. The number of benzene rings is 2. The van der Waals surface area contributed by atoms with Gasteiger partial charge in [-0.1, -0.05) is 13.8 Å². The van der Waals surface area contributed by atoms with E-state index in [2.05, 4.69) is 45.1 Å². The van der Waals surface area contributed by atoms with Gasteiger partial charge in [0.1, 0.15) is 17.2 Å². The van der Waals surface area contributed by atoms with Crippen molar-refractivity contribution in [3.05, 3.63) is 71.2 Å². The number of nitrogens with one attached hydrogen (secondary N) is 1. The summed E-state index contributed by atoms with van der Waals surface area (Å²) < 4.78 is 6.09. The maximum atomic E-state index is 12.8. The van der Waals surface area contributed by atoms with E-state index in [0.717, 1.165) is 48.7 Å². The van der Waals surface area contributed by atoms with Crippen LogP contribution in [0.25, 0.3) is 22.6 Å². The lowest BCUT2D eigenvalue weighted by Gasteiger charge is -2.32. The smallest absolute Gasteiger partial charge is 0.251 e. The second-order valence-corrected chi connectivity index (χ2v) is 9.88. The molecule has 2 aromatic heterocycles. The summed E-state index contributed by atoms with van der Waals surface area (Å²) in [6, 6.07) is 15.0. The van der Waals surface area contributed by atoms with Crippen molar-refractivity contribution in [3.63, 3.8) is 0 Å². The number of amides is 1. The topological polar surface area (TPSA) is 108 Å². The molecule has 37 heavy (non-hydrogen) atoms. The maximum absolute atomic E-state index is 12.8. The molecule has 1 amide bonds. The molecule has 0 unspecified atom stereocenters. The van der Waals surface area contributed by atoms with Crippen molar-refractivity contribution in [2.75, 3.05) is 24.5 Å².